The molecule has 0 spiro atoms. The second kappa shape index (κ2) is 7.75. The number of nitrogens with zero attached hydrogens (tertiary/aromatic N) is 1. The van der Waals surface area contributed by atoms with Crippen LogP contribution in [0.5, 0.6) is 0 Å². The van der Waals surface area contributed by atoms with Crippen LogP contribution >= 0.6 is 31.9 Å². The van der Waals surface area contributed by atoms with E-state index in [9.17, 15) is 9.59 Å². The first-order chi connectivity index (χ1) is 9.01. The van der Waals surface area contributed by atoms with Crippen molar-refractivity contribution in [3.8, 4) is 0 Å². The highest BCUT2D eigenvalue weighted by Gasteiger charge is 2.30. The fraction of sp³-hybridized carbons (Fsp3) is 0.462. The number of methoxy groups -OCH3 is 1. The third-order valence-corrected chi connectivity index (χ3v) is 3.73. The molecule has 0 bridgehead atoms. The van der Waals surface area contributed by atoms with Gasteiger partial charge in [0.25, 0.3) is 0 Å². The number of pyridine rings is 1. The van der Waals surface area contributed by atoms with Crippen LogP contribution in [0.15, 0.2) is 21.2 Å². The van der Waals surface area contributed by atoms with Crippen molar-refractivity contribution in [2.45, 2.75) is 26.2 Å². The molecule has 0 aliphatic rings. The molecule has 0 aliphatic heterocycles. The van der Waals surface area contributed by atoms with Crippen molar-refractivity contribution in [3.05, 3.63) is 26.9 Å². The number of Topliss-reactive ketones (excluding diaryl/α,β-unsaturated/α-hetero) is 1. The third-order valence-electron chi connectivity index (χ3n) is 2.69. The van der Waals surface area contributed by atoms with Crippen molar-refractivity contribution < 1.29 is 14.3 Å². The van der Waals surface area contributed by atoms with Crippen LogP contribution in [-0.2, 0) is 9.53 Å². The molecular formula is C13H15Br2NO3. The van der Waals surface area contributed by atoms with Crippen LogP contribution in [0, 0.1) is 5.92 Å². The predicted octanol–water partition coefficient (Wildman–Crippen LogP) is 3.77. The lowest BCUT2D eigenvalue weighted by Crippen LogP contribution is -2.26. The number of aromatic nitrogens is 1. The van der Waals surface area contributed by atoms with E-state index in [4.69, 9.17) is 4.74 Å². The van der Waals surface area contributed by atoms with Gasteiger partial charge < -0.3 is 4.74 Å². The number of ketones is 1. The van der Waals surface area contributed by atoms with Gasteiger partial charge in [0.05, 0.1) is 7.11 Å². The molecule has 1 rings (SSSR count). The van der Waals surface area contributed by atoms with Gasteiger partial charge in [0.15, 0.2) is 5.78 Å². The lowest BCUT2D eigenvalue weighted by molar-refractivity contribution is -0.143. The number of hydrogen-bond acceptors (Lipinski definition) is 4. The average molecular weight is 393 g/mol. The van der Waals surface area contributed by atoms with Gasteiger partial charge in [0, 0.05) is 15.1 Å². The number of ether oxygens (including phenoxy) is 1. The van der Waals surface area contributed by atoms with E-state index in [1.807, 2.05) is 6.92 Å². The number of esters is 1. The van der Waals surface area contributed by atoms with Crippen LogP contribution in [0.3, 0.4) is 0 Å². The van der Waals surface area contributed by atoms with Crippen molar-refractivity contribution >= 4 is 43.6 Å². The van der Waals surface area contributed by atoms with Gasteiger partial charge >= 0.3 is 5.97 Å². The van der Waals surface area contributed by atoms with E-state index in [1.165, 1.54) is 13.3 Å². The average Bonchev–Trinajstić information content (AvgIpc) is 2.38. The molecule has 0 amide bonds. The Balaban J connectivity index is 3.01. The van der Waals surface area contributed by atoms with Crippen molar-refractivity contribution in [2.75, 3.05) is 7.11 Å². The van der Waals surface area contributed by atoms with E-state index < -0.39 is 11.9 Å². The summed E-state index contributed by atoms with van der Waals surface area (Å²) in [5.74, 6) is -1.59. The molecule has 1 aromatic heterocycles. The van der Waals surface area contributed by atoms with E-state index in [2.05, 4.69) is 36.8 Å². The van der Waals surface area contributed by atoms with E-state index in [1.54, 1.807) is 6.07 Å². The minimum atomic E-state index is -0.782. The molecule has 1 heterocycles. The standard InChI is InChI=1S/C13H15Br2NO3/c1-3-4-5-9(13(18)19-2)12(17)11-10(15)6-8(14)7-16-11/h6-7,9H,3-5H2,1-2H3. The Morgan fingerprint density at radius 1 is 1.42 bits per heavy atom. The second-order valence-electron chi connectivity index (χ2n) is 4.07. The van der Waals surface area contributed by atoms with Gasteiger partial charge in [-0.05, 0) is 44.3 Å². The lowest BCUT2D eigenvalue weighted by atomic mass is 9.95. The summed E-state index contributed by atoms with van der Waals surface area (Å²) >= 11 is 6.56. The normalized spacial score (nSPS) is 12.0. The maximum absolute atomic E-state index is 12.4. The summed E-state index contributed by atoms with van der Waals surface area (Å²) in [6.07, 6.45) is 3.72. The molecular weight excluding hydrogens is 378 g/mol. The monoisotopic (exact) mass is 391 g/mol. The Kier molecular flexibility index (Phi) is 6.65. The Morgan fingerprint density at radius 2 is 2.11 bits per heavy atom. The van der Waals surface area contributed by atoms with E-state index in [0.717, 1.165) is 17.3 Å². The fourth-order valence-electron chi connectivity index (χ4n) is 1.67. The summed E-state index contributed by atoms with van der Waals surface area (Å²) in [4.78, 5) is 28.2. The molecule has 0 saturated carbocycles. The Hall–Kier alpha value is -0.750. The van der Waals surface area contributed by atoms with Gasteiger partial charge in [-0.1, -0.05) is 19.8 Å². The summed E-state index contributed by atoms with van der Waals surface area (Å²) in [6.45, 7) is 2.01. The summed E-state index contributed by atoms with van der Waals surface area (Å²) < 4.78 is 6.03. The van der Waals surface area contributed by atoms with E-state index in [-0.39, 0.29) is 11.5 Å². The van der Waals surface area contributed by atoms with Crippen LogP contribution in [0.25, 0.3) is 0 Å². The molecule has 1 aromatic rings. The zero-order valence-corrected chi connectivity index (χ0v) is 14.0. The second-order valence-corrected chi connectivity index (χ2v) is 5.84. The summed E-state index contributed by atoms with van der Waals surface area (Å²) in [7, 11) is 1.29. The SMILES string of the molecule is CCCCC(C(=O)OC)C(=O)c1ncc(Br)cc1Br. The predicted molar refractivity (Wildman–Crippen MR) is 79.0 cm³/mol. The van der Waals surface area contributed by atoms with Crippen LogP contribution in [0.4, 0.5) is 0 Å². The largest absolute Gasteiger partial charge is 0.468 e. The van der Waals surface area contributed by atoms with Crippen molar-refractivity contribution in [2.24, 2.45) is 5.92 Å². The Morgan fingerprint density at radius 3 is 2.63 bits per heavy atom. The smallest absolute Gasteiger partial charge is 0.316 e. The van der Waals surface area contributed by atoms with E-state index in [0.29, 0.717) is 10.9 Å². The molecule has 0 aliphatic carbocycles. The summed E-state index contributed by atoms with van der Waals surface area (Å²) in [5.41, 5.74) is 0.259. The highest BCUT2D eigenvalue weighted by molar-refractivity contribution is 9.11. The number of unbranched alkanes of at least 4 members (excludes halogenated alkanes) is 1. The quantitative estimate of drug-likeness (QED) is 0.420. The van der Waals surface area contributed by atoms with Crippen molar-refractivity contribution in [1.29, 1.82) is 0 Å². The highest BCUT2D eigenvalue weighted by Crippen LogP contribution is 2.24. The minimum Gasteiger partial charge on any atom is -0.468 e. The molecule has 0 fully saturated rings. The van der Waals surface area contributed by atoms with Crippen molar-refractivity contribution in [3.63, 3.8) is 0 Å². The number of carbonyl (C=O) groups excluding carboxylic acids is 2. The van der Waals surface area contributed by atoms with Gasteiger partial charge in [-0.3, -0.25) is 14.6 Å². The lowest BCUT2D eigenvalue weighted by Gasteiger charge is -2.13. The number of hydrogen-bond donors (Lipinski definition) is 0. The maximum Gasteiger partial charge on any atom is 0.316 e. The molecule has 1 unspecified atom stereocenters. The topological polar surface area (TPSA) is 56.3 Å². The van der Waals surface area contributed by atoms with Gasteiger partial charge in [-0.25, -0.2) is 0 Å². The van der Waals surface area contributed by atoms with Gasteiger partial charge in [-0.2, -0.15) is 0 Å². The first-order valence-corrected chi connectivity index (χ1v) is 7.53. The number of carbonyl (C=O) groups is 2. The molecule has 0 aromatic carbocycles. The zero-order chi connectivity index (χ0) is 14.4. The summed E-state index contributed by atoms with van der Waals surface area (Å²) in [5, 5.41) is 0. The van der Waals surface area contributed by atoms with Gasteiger partial charge in [0.1, 0.15) is 11.6 Å². The molecule has 1 atom stereocenters. The Labute approximate surface area is 129 Å². The minimum absolute atomic E-state index is 0.259. The maximum atomic E-state index is 12.4. The number of halogens is 2. The zero-order valence-electron chi connectivity index (χ0n) is 10.8. The van der Waals surface area contributed by atoms with Crippen LogP contribution in [0.1, 0.15) is 36.7 Å². The van der Waals surface area contributed by atoms with Gasteiger partial charge in [0.2, 0.25) is 0 Å². The first-order valence-electron chi connectivity index (χ1n) is 5.94. The summed E-state index contributed by atoms with van der Waals surface area (Å²) in [6, 6.07) is 1.73. The van der Waals surface area contributed by atoms with Crippen LogP contribution < -0.4 is 0 Å². The molecule has 104 valence electrons. The van der Waals surface area contributed by atoms with Crippen molar-refractivity contribution in [1.82, 2.24) is 4.98 Å². The number of rotatable bonds is 6. The third kappa shape index (κ3) is 4.38. The molecule has 0 radical (unpaired) electrons. The molecule has 6 heteroatoms. The highest BCUT2D eigenvalue weighted by atomic mass is 79.9. The van der Waals surface area contributed by atoms with Crippen LogP contribution in [0.2, 0.25) is 0 Å². The van der Waals surface area contributed by atoms with E-state index >= 15 is 0 Å². The molecule has 19 heavy (non-hydrogen) atoms. The fourth-order valence-corrected chi connectivity index (χ4v) is 2.85. The Bertz CT molecular complexity index is 477. The van der Waals surface area contributed by atoms with Gasteiger partial charge in [-0.15, -0.1) is 0 Å². The molecule has 4 nitrogen and oxygen atoms in total. The molecule has 0 N–H and O–H groups in total. The van der Waals surface area contributed by atoms with Crippen LogP contribution in [-0.4, -0.2) is 23.8 Å². The molecule has 0 saturated heterocycles. The first kappa shape index (κ1) is 16.3.